The molecule has 0 N–H and O–H groups in total. The molecule has 17 heavy (non-hydrogen) atoms. The molecule has 3 heterocycles. The van der Waals surface area contributed by atoms with E-state index in [-0.39, 0.29) is 0 Å². The molecule has 0 saturated carbocycles. The number of ether oxygens (including phenoxy) is 2. The van der Waals surface area contributed by atoms with Crippen LogP contribution < -0.4 is 9.47 Å². The van der Waals surface area contributed by atoms with Gasteiger partial charge in [0.2, 0.25) is 5.75 Å². The molecular weight excluding hydrogens is 238 g/mol. The second-order valence-corrected chi connectivity index (χ2v) is 4.37. The predicted octanol–water partition coefficient (Wildman–Crippen LogP) is 2.98. The van der Waals surface area contributed by atoms with E-state index in [1.165, 1.54) is 6.33 Å². The lowest BCUT2D eigenvalue weighted by Gasteiger charge is -2.18. The molecule has 2 aromatic heterocycles. The average molecular weight is 243 g/mol. The van der Waals surface area contributed by atoms with Crippen molar-refractivity contribution >= 4 is 21.6 Å². The smallest absolute Gasteiger partial charge is 0.266 e. The summed E-state index contributed by atoms with van der Waals surface area (Å²) in [6.07, 6.45) is 3.00. The van der Waals surface area contributed by atoms with Crippen LogP contribution in [0.2, 0.25) is 0 Å². The van der Waals surface area contributed by atoms with Crippen LogP contribution in [0, 0.1) is 0 Å². The maximum atomic E-state index is 5.72. The molecule has 4 rings (SSSR count). The van der Waals surface area contributed by atoms with E-state index in [4.69, 9.17) is 9.47 Å². The van der Waals surface area contributed by atoms with Crippen molar-refractivity contribution in [1.29, 1.82) is 0 Å². The molecule has 82 valence electrons. The number of fused-ring (bicyclic) bond motifs is 4. The van der Waals surface area contributed by atoms with E-state index in [0.29, 0.717) is 23.1 Å². The fraction of sp³-hybridized carbons (Fsp3) is 0. The van der Waals surface area contributed by atoms with E-state index in [2.05, 4.69) is 15.0 Å². The summed E-state index contributed by atoms with van der Waals surface area (Å²) < 4.78 is 12.4. The largest absolute Gasteiger partial charge is 0.446 e. The number of aromatic nitrogens is 3. The SMILES string of the molecule is c1ncc2c(n1)Oc1c(ccc3scnc13)O2. The predicted molar refractivity (Wildman–Crippen MR) is 61.8 cm³/mol. The van der Waals surface area contributed by atoms with Gasteiger partial charge in [0.1, 0.15) is 11.8 Å². The molecule has 0 fully saturated rings. The van der Waals surface area contributed by atoms with Crippen LogP contribution in [0.5, 0.6) is 23.1 Å². The first-order valence-corrected chi connectivity index (χ1v) is 5.82. The number of hydrogen-bond donors (Lipinski definition) is 0. The summed E-state index contributed by atoms with van der Waals surface area (Å²) in [6, 6.07) is 3.83. The molecule has 1 aliphatic rings. The minimum absolute atomic E-state index is 0.424. The number of thiazole rings is 1. The third kappa shape index (κ3) is 1.21. The Kier molecular flexibility index (Phi) is 1.64. The van der Waals surface area contributed by atoms with Gasteiger partial charge in [-0.15, -0.1) is 11.3 Å². The minimum Gasteiger partial charge on any atom is -0.446 e. The normalized spacial score (nSPS) is 12.5. The summed E-state index contributed by atoms with van der Waals surface area (Å²) in [6.45, 7) is 0. The first-order valence-electron chi connectivity index (χ1n) is 4.94. The van der Waals surface area contributed by atoms with Crippen molar-refractivity contribution in [2.75, 3.05) is 0 Å². The van der Waals surface area contributed by atoms with Crippen molar-refractivity contribution in [2.45, 2.75) is 0 Å². The molecule has 0 radical (unpaired) electrons. The van der Waals surface area contributed by atoms with Gasteiger partial charge in [0.15, 0.2) is 11.5 Å². The first-order chi connectivity index (χ1) is 8.42. The summed E-state index contributed by atoms with van der Waals surface area (Å²) in [5, 5.41) is 0. The van der Waals surface area contributed by atoms with Gasteiger partial charge in [-0.3, -0.25) is 0 Å². The number of rotatable bonds is 0. The molecule has 0 spiro atoms. The van der Waals surface area contributed by atoms with Gasteiger partial charge in [0, 0.05) is 0 Å². The Morgan fingerprint density at radius 2 is 2.06 bits per heavy atom. The Hall–Kier alpha value is -2.21. The fourth-order valence-electron chi connectivity index (χ4n) is 1.73. The molecule has 0 aliphatic carbocycles. The molecule has 0 unspecified atom stereocenters. The van der Waals surface area contributed by atoms with E-state index in [9.17, 15) is 0 Å². The monoisotopic (exact) mass is 243 g/mol. The molecule has 1 aliphatic heterocycles. The lowest BCUT2D eigenvalue weighted by Crippen LogP contribution is -2.01. The summed E-state index contributed by atoms with van der Waals surface area (Å²) >= 11 is 1.56. The second-order valence-electron chi connectivity index (χ2n) is 3.49. The topological polar surface area (TPSA) is 57.1 Å². The third-order valence-corrected chi connectivity index (χ3v) is 3.28. The standard InChI is InChI=1S/C11H5N3O2S/c1-2-8-9(14-5-17-8)10-6(1)15-7-3-12-4-13-11(7)16-10/h1-5H. The molecule has 0 bridgehead atoms. The Labute approximate surface area is 99.7 Å². The molecule has 0 saturated heterocycles. The van der Waals surface area contributed by atoms with Gasteiger partial charge in [0.05, 0.1) is 16.4 Å². The summed E-state index contributed by atoms with van der Waals surface area (Å²) in [5.41, 5.74) is 2.58. The molecule has 1 aromatic carbocycles. The van der Waals surface area contributed by atoms with Gasteiger partial charge in [0.25, 0.3) is 5.88 Å². The second kappa shape index (κ2) is 3.14. The number of benzene rings is 1. The van der Waals surface area contributed by atoms with E-state index < -0.39 is 0 Å². The average Bonchev–Trinajstić information content (AvgIpc) is 2.85. The van der Waals surface area contributed by atoms with Gasteiger partial charge in [-0.2, -0.15) is 4.98 Å². The van der Waals surface area contributed by atoms with Crippen LogP contribution in [0.3, 0.4) is 0 Å². The summed E-state index contributed by atoms with van der Waals surface area (Å²) in [7, 11) is 0. The zero-order valence-electron chi connectivity index (χ0n) is 8.45. The maximum Gasteiger partial charge on any atom is 0.266 e. The van der Waals surface area contributed by atoms with E-state index in [1.54, 1.807) is 23.0 Å². The number of nitrogens with zero attached hydrogens (tertiary/aromatic N) is 3. The highest BCUT2D eigenvalue weighted by molar-refractivity contribution is 7.16. The highest BCUT2D eigenvalue weighted by atomic mass is 32.1. The van der Waals surface area contributed by atoms with Crippen LogP contribution in [0.25, 0.3) is 10.2 Å². The Morgan fingerprint density at radius 1 is 1.06 bits per heavy atom. The quantitative estimate of drug-likeness (QED) is 0.475. The van der Waals surface area contributed by atoms with Crippen molar-refractivity contribution < 1.29 is 9.47 Å². The van der Waals surface area contributed by atoms with Crippen LogP contribution in [-0.2, 0) is 0 Å². The van der Waals surface area contributed by atoms with Crippen molar-refractivity contribution in [2.24, 2.45) is 0 Å². The highest BCUT2D eigenvalue weighted by Gasteiger charge is 2.23. The van der Waals surface area contributed by atoms with Gasteiger partial charge in [-0.05, 0) is 12.1 Å². The third-order valence-electron chi connectivity index (χ3n) is 2.48. The van der Waals surface area contributed by atoms with Crippen LogP contribution in [0.15, 0.2) is 30.2 Å². The maximum absolute atomic E-state index is 5.72. The summed E-state index contributed by atoms with van der Waals surface area (Å²) in [5.74, 6) is 2.21. The van der Waals surface area contributed by atoms with Gasteiger partial charge >= 0.3 is 0 Å². The van der Waals surface area contributed by atoms with Crippen molar-refractivity contribution in [3.63, 3.8) is 0 Å². The Bertz CT molecular complexity index is 726. The zero-order valence-corrected chi connectivity index (χ0v) is 9.27. The van der Waals surface area contributed by atoms with Crippen LogP contribution in [0.4, 0.5) is 0 Å². The van der Waals surface area contributed by atoms with Crippen LogP contribution >= 0.6 is 11.3 Å². The molecule has 0 atom stereocenters. The van der Waals surface area contributed by atoms with Gasteiger partial charge in [-0.25, -0.2) is 9.97 Å². The first kappa shape index (κ1) is 8.89. The van der Waals surface area contributed by atoms with Crippen LogP contribution in [0.1, 0.15) is 0 Å². The van der Waals surface area contributed by atoms with Crippen molar-refractivity contribution in [3.8, 4) is 23.1 Å². The summed E-state index contributed by atoms with van der Waals surface area (Å²) in [4.78, 5) is 12.2. The highest BCUT2D eigenvalue weighted by Crippen LogP contribution is 2.47. The minimum atomic E-state index is 0.424. The Morgan fingerprint density at radius 3 is 3.06 bits per heavy atom. The van der Waals surface area contributed by atoms with E-state index >= 15 is 0 Å². The van der Waals surface area contributed by atoms with Crippen molar-refractivity contribution in [1.82, 2.24) is 15.0 Å². The molecule has 6 heteroatoms. The molecular formula is C11H5N3O2S. The van der Waals surface area contributed by atoms with Crippen molar-refractivity contribution in [3.05, 3.63) is 30.2 Å². The lowest BCUT2D eigenvalue weighted by molar-refractivity contribution is 0.348. The van der Waals surface area contributed by atoms with Gasteiger partial charge in [-0.1, -0.05) is 0 Å². The van der Waals surface area contributed by atoms with Crippen LogP contribution in [-0.4, -0.2) is 15.0 Å². The Balaban J connectivity index is 1.98. The molecule has 5 nitrogen and oxygen atoms in total. The van der Waals surface area contributed by atoms with Gasteiger partial charge < -0.3 is 9.47 Å². The zero-order chi connectivity index (χ0) is 11.2. The van der Waals surface area contributed by atoms with E-state index in [0.717, 1.165) is 10.2 Å². The van der Waals surface area contributed by atoms with E-state index in [1.807, 2.05) is 12.1 Å². The lowest BCUT2D eigenvalue weighted by atomic mass is 10.2. The molecule has 0 amide bonds. The number of hydrogen-bond acceptors (Lipinski definition) is 6. The molecule has 3 aromatic rings. The fourth-order valence-corrected chi connectivity index (χ4v) is 2.41.